The summed E-state index contributed by atoms with van der Waals surface area (Å²) in [6, 6.07) is 5.52. The molecule has 0 radical (unpaired) electrons. The van der Waals surface area contributed by atoms with Crippen LogP contribution in [0, 0.1) is 17.0 Å². The Morgan fingerprint density at radius 1 is 1.27 bits per heavy atom. The first-order valence-corrected chi connectivity index (χ1v) is 9.97. The molecule has 0 bridgehead atoms. The monoisotopic (exact) mass is 376 g/mol. The first-order valence-electron chi connectivity index (χ1n) is 9.03. The normalized spacial score (nSPS) is 20.9. The molecule has 2 fully saturated rings. The first-order chi connectivity index (χ1) is 12.6. The summed E-state index contributed by atoms with van der Waals surface area (Å²) >= 11 is 1.60. The van der Waals surface area contributed by atoms with E-state index in [1.165, 1.54) is 0 Å². The third-order valence-corrected chi connectivity index (χ3v) is 6.46. The molecule has 2 aliphatic rings. The molecule has 1 unspecified atom stereocenters. The van der Waals surface area contributed by atoms with Crippen molar-refractivity contribution in [2.45, 2.75) is 38.3 Å². The number of piperidine rings is 1. The van der Waals surface area contributed by atoms with Crippen LogP contribution in [0.25, 0.3) is 0 Å². The molecule has 4 rings (SSSR count). The molecule has 3 nitrogen and oxygen atoms in total. The van der Waals surface area contributed by atoms with E-state index in [4.69, 9.17) is 0 Å². The lowest BCUT2D eigenvalue weighted by Crippen LogP contribution is -2.39. The van der Waals surface area contributed by atoms with E-state index in [2.05, 4.69) is 5.32 Å². The fourth-order valence-corrected chi connectivity index (χ4v) is 4.78. The molecule has 6 heteroatoms. The van der Waals surface area contributed by atoms with Crippen LogP contribution in [-0.2, 0) is 17.8 Å². The third kappa shape index (κ3) is 3.53. The number of rotatable bonds is 5. The highest BCUT2D eigenvalue weighted by molar-refractivity contribution is 7.07. The van der Waals surface area contributed by atoms with E-state index in [-0.39, 0.29) is 29.3 Å². The topological polar surface area (TPSA) is 32.3 Å². The van der Waals surface area contributed by atoms with E-state index < -0.39 is 11.6 Å². The number of amides is 1. The number of thiophene rings is 1. The maximum absolute atomic E-state index is 14.0. The molecular weight excluding hydrogens is 354 g/mol. The highest BCUT2D eigenvalue weighted by Crippen LogP contribution is 2.56. The Bertz CT molecular complexity index is 787. The van der Waals surface area contributed by atoms with Crippen molar-refractivity contribution in [3.63, 3.8) is 0 Å². The molecule has 2 heterocycles. The van der Waals surface area contributed by atoms with Gasteiger partial charge in [-0.2, -0.15) is 11.3 Å². The molecule has 1 aromatic carbocycles. The summed E-state index contributed by atoms with van der Waals surface area (Å²) in [5, 5.41) is 7.41. The van der Waals surface area contributed by atoms with Gasteiger partial charge in [-0.3, -0.25) is 4.79 Å². The van der Waals surface area contributed by atoms with Crippen molar-refractivity contribution in [2.24, 2.45) is 5.41 Å². The second-order valence-corrected chi connectivity index (χ2v) is 8.18. The van der Waals surface area contributed by atoms with E-state index in [9.17, 15) is 13.6 Å². The fraction of sp³-hybridized carbons (Fsp3) is 0.450. The standard InChI is InChI=1S/C20H22F2N2OS/c21-16-1-2-17(22)15(9-16)10-19(25)24(12-14-3-8-26-13-14)18-11-20(18)4-6-23-7-5-20/h1-3,8-9,13,18,23H,4-7,10-12H2. The zero-order valence-corrected chi connectivity index (χ0v) is 15.3. The number of hydrogen-bond donors (Lipinski definition) is 1. The number of hydrogen-bond acceptors (Lipinski definition) is 3. The smallest absolute Gasteiger partial charge is 0.227 e. The van der Waals surface area contributed by atoms with Crippen LogP contribution in [0.1, 0.15) is 30.4 Å². The number of benzene rings is 1. The molecule has 26 heavy (non-hydrogen) atoms. The molecule has 1 saturated carbocycles. The summed E-state index contributed by atoms with van der Waals surface area (Å²) in [4.78, 5) is 14.9. The minimum absolute atomic E-state index is 0.0987. The van der Waals surface area contributed by atoms with E-state index in [0.717, 1.165) is 56.1 Å². The van der Waals surface area contributed by atoms with Crippen molar-refractivity contribution < 1.29 is 13.6 Å². The van der Waals surface area contributed by atoms with Crippen molar-refractivity contribution in [3.8, 4) is 0 Å². The maximum atomic E-state index is 14.0. The Morgan fingerprint density at radius 3 is 2.81 bits per heavy atom. The molecule has 1 saturated heterocycles. The van der Waals surface area contributed by atoms with E-state index >= 15 is 0 Å². The lowest BCUT2D eigenvalue weighted by molar-refractivity contribution is -0.132. The molecular formula is C20H22F2N2OS. The second kappa shape index (κ2) is 7.08. The summed E-state index contributed by atoms with van der Waals surface area (Å²) in [6.07, 6.45) is 3.05. The van der Waals surface area contributed by atoms with Crippen LogP contribution >= 0.6 is 11.3 Å². The largest absolute Gasteiger partial charge is 0.334 e. The lowest BCUT2D eigenvalue weighted by atomic mass is 9.93. The van der Waals surface area contributed by atoms with Gasteiger partial charge in [0.2, 0.25) is 5.91 Å². The van der Waals surface area contributed by atoms with Gasteiger partial charge in [0.1, 0.15) is 11.6 Å². The van der Waals surface area contributed by atoms with Crippen LogP contribution in [0.5, 0.6) is 0 Å². The summed E-state index contributed by atoms with van der Waals surface area (Å²) in [5.41, 5.74) is 1.43. The summed E-state index contributed by atoms with van der Waals surface area (Å²) in [7, 11) is 0. The van der Waals surface area contributed by atoms with Gasteiger partial charge in [-0.15, -0.1) is 0 Å². The minimum Gasteiger partial charge on any atom is -0.334 e. The first kappa shape index (κ1) is 17.6. The Balaban J connectivity index is 1.54. The maximum Gasteiger partial charge on any atom is 0.227 e. The van der Waals surface area contributed by atoms with Crippen LogP contribution in [0.3, 0.4) is 0 Å². The molecule has 1 atom stereocenters. The Hall–Kier alpha value is -1.79. The second-order valence-electron chi connectivity index (χ2n) is 7.40. The van der Waals surface area contributed by atoms with E-state index in [1.807, 2.05) is 21.7 Å². The average molecular weight is 376 g/mol. The highest BCUT2D eigenvalue weighted by Gasteiger charge is 2.57. The molecule has 1 N–H and O–H groups in total. The van der Waals surface area contributed by atoms with Crippen molar-refractivity contribution in [2.75, 3.05) is 13.1 Å². The van der Waals surface area contributed by atoms with Crippen molar-refractivity contribution >= 4 is 17.2 Å². The Labute approximate surface area is 156 Å². The lowest BCUT2D eigenvalue weighted by Gasteiger charge is -2.29. The Morgan fingerprint density at radius 2 is 2.08 bits per heavy atom. The van der Waals surface area contributed by atoms with E-state index in [0.29, 0.717) is 6.54 Å². The van der Waals surface area contributed by atoms with Crippen molar-refractivity contribution in [3.05, 3.63) is 57.8 Å². The van der Waals surface area contributed by atoms with Gasteiger partial charge in [0.15, 0.2) is 0 Å². The van der Waals surface area contributed by atoms with Crippen LogP contribution in [0.2, 0.25) is 0 Å². The fourth-order valence-electron chi connectivity index (χ4n) is 4.12. The Kier molecular flexibility index (Phi) is 4.80. The molecule has 1 aliphatic heterocycles. The van der Waals surface area contributed by atoms with Gasteiger partial charge in [0.25, 0.3) is 0 Å². The van der Waals surface area contributed by atoms with Gasteiger partial charge in [0, 0.05) is 18.2 Å². The quantitative estimate of drug-likeness (QED) is 0.862. The third-order valence-electron chi connectivity index (χ3n) is 5.72. The van der Waals surface area contributed by atoms with Gasteiger partial charge in [-0.1, -0.05) is 0 Å². The number of halogens is 2. The van der Waals surface area contributed by atoms with Gasteiger partial charge in [-0.25, -0.2) is 8.78 Å². The predicted octanol–water partition coefficient (Wildman–Crippen LogP) is 3.74. The molecule has 1 aromatic heterocycles. The van der Waals surface area contributed by atoms with Crippen LogP contribution in [0.15, 0.2) is 35.0 Å². The van der Waals surface area contributed by atoms with Gasteiger partial charge >= 0.3 is 0 Å². The average Bonchev–Trinajstić information content (AvgIpc) is 3.06. The molecule has 2 aromatic rings. The van der Waals surface area contributed by atoms with Gasteiger partial charge in [0.05, 0.1) is 6.42 Å². The molecule has 1 aliphatic carbocycles. The SMILES string of the molecule is O=C(Cc1cc(F)ccc1F)N(Cc1ccsc1)C1CC12CCNCC2. The molecule has 1 amide bonds. The number of carbonyl (C=O) groups is 1. The van der Waals surface area contributed by atoms with Gasteiger partial charge in [-0.05, 0) is 78.4 Å². The van der Waals surface area contributed by atoms with Crippen LogP contribution in [0.4, 0.5) is 8.78 Å². The van der Waals surface area contributed by atoms with Crippen LogP contribution < -0.4 is 5.32 Å². The summed E-state index contributed by atoms with van der Waals surface area (Å²) in [6.45, 7) is 2.50. The predicted molar refractivity (Wildman–Crippen MR) is 97.9 cm³/mol. The number of nitrogens with one attached hydrogen (secondary N) is 1. The minimum atomic E-state index is -0.525. The van der Waals surface area contributed by atoms with Crippen molar-refractivity contribution in [1.82, 2.24) is 10.2 Å². The van der Waals surface area contributed by atoms with E-state index in [1.54, 1.807) is 11.3 Å². The van der Waals surface area contributed by atoms with Crippen LogP contribution in [-0.4, -0.2) is 29.9 Å². The number of nitrogens with zero attached hydrogens (tertiary/aromatic N) is 1. The zero-order valence-electron chi connectivity index (χ0n) is 14.5. The number of carbonyl (C=O) groups excluding carboxylic acids is 1. The van der Waals surface area contributed by atoms with Gasteiger partial charge < -0.3 is 10.2 Å². The zero-order chi connectivity index (χ0) is 18.1. The summed E-state index contributed by atoms with van der Waals surface area (Å²) in [5.74, 6) is -1.16. The molecule has 1 spiro atoms. The molecule has 138 valence electrons. The summed E-state index contributed by atoms with van der Waals surface area (Å²) < 4.78 is 27.5. The highest BCUT2D eigenvalue weighted by atomic mass is 32.1. The van der Waals surface area contributed by atoms with Crippen molar-refractivity contribution in [1.29, 1.82) is 0 Å².